The Hall–Kier alpha value is -4.34. The number of hydrogen-bond acceptors (Lipinski definition) is 8. The van der Waals surface area contributed by atoms with Crippen LogP contribution in [0, 0.1) is 0 Å². The fraction of sp³-hybridized carbons (Fsp3) is 0.312. The van der Waals surface area contributed by atoms with Crippen LogP contribution in [0.25, 0.3) is 21.9 Å². The maximum absolute atomic E-state index is 12.3. The van der Waals surface area contributed by atoms with Gasteiger partial charge in [0.05, 0.1) is 35.3 Å². The lowest BCUT2D eigenvalue weighted by Gasteiger charge is -2.31. The lowest BCUT2D eigenvalue weighted by Crippen LogP contribution is -2.33. The van der Waals surface area contributed by atoms with E-state index in [0.29, 0.717) is 30.6 Å². The Labute approximate surface area is 238 Å². The Bertz CT molecular complexity index is 1640. The molecule has 1 aliphatic rings. The van der Waals surface area contributed by atoms with Gasteiger partial charge in [-0.05, 0) is 74.0 Å². The molecule has 0 bridgehead atoms. The van der Waals surface area contributed by atoms with Gasteiger partial charge in [0, 0.05) is 36.4 Å². The van der Waals surface area contributed by atoms with Crippen LogP contribution < -0.4 is 4.74 Å². The third-order valence-electron chi connectivity index (χ3n) is 7.47. The van der Waals surface area contributed by atoms with Crippen molar-refractivity contribution < 1.29 is 19.0 Å². The summed E-state index contributed by atoms with van der Waals surface area (Å²) in [5.74, 6) is 1.57. The molecule has 0 spiro atoms. The van der Waals surface area contributed by atoms with Gasteiger partial charge in [0.2, 0.25) is 5.88 Å². The van der Waals surface area contributed by atoms with Gasteiger partial charge in [-0.2, -0.15) is 0 Å². The molecule has 1 fully saturated rings. The van der Waals surface area contributed by atoms with E-state index in [4.69, 9.17) is 24.2 Å². The molecule has 6 rings (SSSR count). The highest BCUT2D eigenvalue weighted by Crippen LogP contribution is 2.29. The van der Waals surface area contributed by atoms with Crippen LogP contribution in [0.4, 0.5) is 0 Å². The van der Waals surface area contributed by atoms with Crippen molar-refractivity contribution in [2.24, 2.45) is 0 Å². The molecular formula is C32H33N5O4. The van der Waals surface area contributed by atoms with Crippen molar-refractivity contribution in [1.29, 1.82) is 0 Å². The first-order valence-corrected chi connectivity index (χ1v) is 13.9. The number of rotatable bonds is 10. The number of carbonyl (C=O) groups excluding carboxylic acids is 1. The van der Waals surface area contributed by atoms with Crippen molar-refractivity contribution in [3.63, 3.8) is 0 Å². The molecule has 2 aromatic carbocycles. The fourth-order valence-electron chi connectivity index (χ4n) is 5.27. The van der Waals surface area contributed by atoms with Crippen molar-refractivity contribution in [3.05, 3.63) is 95.6 Å². The number of nitrogens with one attached hydrogen (secondary N) is 1. The molecule has 3 aromatic heterocycles. The van der Waals surface area contributed by atoms with Crippen molar-refractivity contribution >= 4 is 27.9 Å². The van der Waals surface area contributed by atoms with Gasteiger partial charge in [0.15, 0.2) is 0 Å². The molecule has 9 nitrogen and oxygen atoms in total. The quantitative estimate of drug-likeness (QED) is 0.185. The van der Waals surface area contributed by atoms with E-state index in [1.807, 2.05) is 36.4 Å². The minimum atomic E-state index is -0.364. The van der Waals surface area contributed by atoms with Crippen molar-refractivity contribution in [1.82, 2.24) is 24.8 Å². The second-order valence-corrected chi connectivity index (χ2v) is 10.3. The molecule has 4 heterocycles. The van der Waals surface area contributed by atoms with E-state index in [-0.39, 0.29) is 12.6 Å². The van der Waals surface area contributed by atoms with Gasteiger partial charge in [0.25, 0.3) is 0 Å². The van der Waals surface area contributed by atoms with Gasteiger partial charge in [-0.3, -0.25) is 9.88 Å². The summed E-state index contributed by atoms with van der Waals surface area (Å²) in [7, 11) is 1.58. The number of methoxy groups -OCH3 is 1. The molecule has 9 heteroatoms. The second kappa shape index (κ2) is 12.4. The number of likely N-dealkylation sites (tertiary alicyclic amines) is 1. The second-order valence-electron chi connectivity index (χ2n) is 10.3. The number of imidazole rings is 1. The molecule has 210 valence electrons. The number of H-pyrrole nitrogens is 1. The summed E-state index contributed by atoms with van der Waals surface area (Å²) in [4.78, 5) is 32.0. The maximum Gasteiger partial charge on any atom is 0.338 e. The molecule has 0 saturated carbocycles. The van der Waals surface area contributed by atoms with Gasteiger partial charge in [0.1, 0.15) is 19.0 Å². The summed E-state index contributed by atoms with van der Waals surface area (Å²) in [5, 5.41) is 1.10. The fourth-order valence-corrected chi connectivity index (χ4v) is 5.27. The Morgan fingerprint density at radius 2 is 1.85 bits per heavy atom. The Kier molecular flexibility index (Phi) is 8.16. The lowest BCUT2D eigenvalue weighted by atomic mass is 9.93. The molecule has 0 radical (unpaired) electrons. The molecule has 0 aliphatic carbocycles. The van der Waals surface area contributed by atoms with Gasteiger partial charge >= 0.3 is 5.97 Å². The highest BCUT2D eigenvalue weighted by atomic mass is 16.6. The summed E-state index contributed by atoms with van der Waals surface area (Å²) in [6.45, 7) is 3.71. The number of esters is 1. The normalized spacial score (nSPS) is 14.5. The summed E-state index contributed by atoms with van der Waals surface area (Å²) in [6, 6.07) is 21.7. The van der Waals surface area contributed by atoms with Crippen LogP contribution in [0.2, 0.25) is 0 Å². The number of pyridine rings is 2. The van der Waals surface area contributed by atoms with Crippen LogP contribution in [0.5, 0.6) is 5.88 Å². The van der Waals surface area contributed by atoms with Crippen molar-refractivity contribution in [2.75, 3.05) is 33.4 Å². The minimum absolute atomic E-state index is 0.230. The zero-order valence-electron chi connectivity index (χ0n) is 23.1. The first kappa shape index (κ1) is 26.9. The van der Waals surface area contributed by atoms with Gasteiger partial charge in [-0.15, -0.1) is 0 Å². The number of benzene rings is 2. The van der Waals surface area contributed by atoms with E-state index in [9.17, 15) is 4.79 Å². The lowest BCUT2D eigenvalue weighted by molar-refractivity contribution is 0.0388. The first-order valence-electron chi connectivity index (χ1n) is 13.9. The SMILES string of the molecule is COCCOC(=O)c1ccc2nc(CN3CCC(c4cccc(OCc5ccc6ncccc6c5)n4)CC3)[nH]c2c1. The minimum Gasteiger partial charge on any atom is -0.473 e. The predicted octanol–water partition coefficient (Wildman–Crippen LogP) is 5.27. The molecule has 1 aliphatic heterocycles. The largest absolute Gasteiger partial charge is 0.473 e. The zero-order valence-corrected chi connectivity index (χ0v) is 23.1. The number of hydrogen-bond donors (Lipinski definition) is 1. The highest BCUT2D eigenvalue weighted by Gasteiger charge is 2.23. The molecule has 5 aromatic rings. The van der Waals surface area contributed by atoms with E-state index < -0.39 is 0 Å². The smallest absolute Gasteiger partial charge is 0.338 e. The zero-order chi connectivity index (χ0) is 28.0. The summed E-state index contributed by atoms with van der Waals surface area (Å²) >= 11 is 0. The molecular weight excluding hydrogens is 518 g/mol. The van der Waals surface area contributed by atoms with Crippen LogP contribution in [-0.4, -0.2) is 64.2 Å². The van der Waals surface area contributed by atoms with Crippen molar-refractivity contribution in [2.45, 2.75) is 31.9 Å². The number of piperidine rings is 1. The summed E-state index contributed by atoms with van der Waals surface area (Å²) in [5.41, 5.74) is 5.32. The van der Waals surface area contributed by atoms with Crippen LogP contribution in [0.3, 0.4) is 0 Å². The number of nitrogens with zero attached hydrogens (tertiary/aromatic N) is 4. The average molecular weight is 552 g/mol. The number of fused-ring (bicyclic) bond motifs is 2. The van der Waals surface area contributed by atoms with Crippen LogP contribution in [0.1, 0.15) is 46.2 Å². The van der Waals surface area contributed by atoms with Crippen molar-refractivity contribution in [3.8, 4) is 5.88 Å². The van der Waals surface area contributed by atoms with Crippen LogP contribution >= 0.6 is 0 Å². The Morgan fingerprint density at radius 1 is 0.976 bits per heavy atom. The Morgan fingerprint density at radius 3 is 2.73 bits per heavy atom. The highest BCUT2D eigenvalue weighted by molar-refractivity contribution is 5.93. The molecule has 41 heavy (non-hydrogen) atoms. The van der Waals surface area contributed by atoms with Gasteiger partial charge in [-0.1, -0.05) is 18.2 Å². The first-order chi connectivity index (χ1) is 20.1. The van der Waals surface area contributed by atoms with E-state index in [1.54, 1.807) is 25.4 Å². The predicted molar refractivity (Wildman–Crippen MR) is 156 cm³/mol. The topological polar surface area (TPSA) is 102 Å². The van der Waals surface area contributed by atoms with Gasteiger partial charge < -0.3 is 19.2 Å². The maximum atomic E-state index is 12.3. The van der Waals surface area contributed by atoms with E-state index >= 15 is 0 Å². The molecule has 1 N–H and O–H groups in total. The number of carbonyl (C=O) groups is 1. The molecule has 1 saturated heterocycles. The van der Waals surface area contributed by atoms with E-state index in [0.717, 1.165) is 71.5 Å². The number of ether oxygens (including phenoxy) is 3. The molecule has 0 atom stereocenters. The average Bonchev–Trinajstić information content (AvgIpc) is 3.42. The van der Waals surface area contributed by atoms with Crippen LogP contribution in [-0.2, 0) is 22.6 Å². The Balaban J connectivity index is 1.02. The third-order valence-corrected chi connectivity index (χ3v) is 7.47. The number of aromatic nitrogens is 4. The monoisotopic (exact) mass is 551 g/mol. The third kappa shape index (κ3) is 6.53. The van der Waals surface area contributed by atoms with Gasteiger partial charge in [-0.25, -0.2) is 14.8 Å². The van der Waals surface area contributed by atoms with Crippen LogP contribution in [0.15, 0.2) is 72.9 Å². The van der Waals surface area contributed by atoms with E-state index in [1.165, 1.54) is 0 Å². The summed E-state index contributed by atoms with van der Waals surface area (Å²) < 4.78 is 16.2. The van der Waals surface area contributed by atoms with E-state index in [2.05, 4.69) is 33.1 Å². The molecule has 0 unspecified atom stereocenters. The standard InChI is InChI=1S/C32H33N5O4/c1-39-16-17-40-32(38)25-8-10-28-29(19-25)35-30(34-28)20-37-14-11-23(12-15-37)27-5-2-6-31(36-27)41-21-22-7-9-26-24(18-22)4-3-13-33-26/h2-10,13,18-19,23H,11-12,14-17,20-21H2,1H3,(H,34,35). The summed E-state index contributed by atoms with van der Waals surface area (Å²) in [6.07, 6.45) is 3.84. The molecule has 0 amide bonds. The number of aromatic amines is 1.